The predicted octanol–water partition coefficient (Wildman–Crippen LogP) is 3.47. The van der Waals surface area contributed by atoms with E-state index in [0.29, 0.717) is 5.76 Å². The van der Waals surface area contributed by atoms with E-state index in [-0.39, 0.29) is 5.78 Å². The molecule has 2 rings (SSSR count). The Hall–Kier alpha value is -1.90. The monoisotopic (exact) mass is 229 g/mol. The molecule has 0 bridgehead atoms. The summed E-state index contributed by atoms with van der Waals surface area (Å²) < 4.78 is 5.02. The third kappa shape index (κ3) is 2.13. The Morgan fingerprint density at radius 1 is 1.12 bits per heavy atom. The molecule has 0 aliphatic rings. The maximum Gasteiger partial charge on any atom is 0.202 e. The van der Waals surface area contributed by atoms with Crippen molar-refractivity contribution in [2.45, 2.75) is 27.7 Å². The largest absolute Gasteiger partial charge is 0.353 e. The molecule has 3 nitrogen and oxygen atoms in total. The molecule has 0 aliphatic heterocycles. The fourth-order valence-corrected chi connectivity index (χ4v) is 2.14. The van der Waals surface area contributed by atoms with Crippen LogP contribution >= 0.6 is 0 Å². The van der Waals surface area contributed by atoms with Gasteiger partial charge in [0.05, 0.1) is 0 Å². The van der Waals surface area contributed by atoms with Gasteiger partial charge in [0.15, 0.2) is 5.78 Å². The van der Waals surface area contributed by atoms with Crippen molar-refractivity contribution >= 4 is 5.78 Å². The summed E-state index contributed by atoms with van der Waals surface area (Å²) in [7, 11) is 0. The summed E-state index contributed by atoms with van der Waals surface area (Å²) in [5.74, 6) is 0.200. The fourth-order valence-electron chi connectivity index (χ4n) is 2.14. The second-order valence-electron chi connectivity index (χ2n) is 4.41. The Kier molecular flexibility index (Phi) is 2.84. The number of carbonyl (C=O) groups excluding carboxylic acids is 1. The third-order valence-electron chi connectivity index (χ3n) is 2.79. The molecule has 88 valence electrons. The predicted molar refractivity (Wildman–Crippen MR) is 66.2 cm³/mol. The molecule has 0 N–H and O–H groups in total. The summed E-state index contributed by atoms with van der Waals surface area (Å²) in [6.45, 7) is 7.61. The van der Waals surface area contributed by atoms with Gasteiger partial charge in [-0.25, -0.2) is 0 Å². The highest BCUT2D eigenvalue weighted by Crippen LogP contribution is 2.27. The zero-order valence-electron chi connectivity index (χ0n) is 10.5. The molecule has 2 aromatic rings. The molecule has 17 heavy (non-hydrogen) atoms. The lowest BCUT2D eigenvalue weighted by molar-refractivity contribution is 0.0978. The smallest absolute Gasteiger partial charge is 0.202 e. The maximum atomic E-state index is 11.2. The van der Waals surface area contributed by atoms with E-state index in [0.717, 1.165) is 22.4 Å². The minimum Gasteiger partial charge on any atom is -0.353 e. The summed E-state index contributed by atoms with van der Waals surface area (Å²) in [5.41, 5.74) is 5.29. The number of aryl methyl sites for hydroxylation is 3. The van der Waals surface area contributed by atoms with Gasteiger partial charge in [-0.3, -0.25) is 4.79 Å². The van der Waals surface area contributed by atoms with Crippen LogP contribution in [0.1, 0.15) is 34.2 Å². The molecule has 1 aromatic heterocycles. The Balaban J connectivity index is 2.56. The lowest BCUT2D eigenvalue weighted by Gasteiger charge is -2.07. The van der Waals surface area contributed by atoms with Crippen molar-refractivity contribution in [1.29, 1.82) is 0 Å². The van der Waals surface area contributed by atoms with Gasteiger partial charge in [0.25, 0.3) is 0 Å². The lowest BCUT2D eigenvalue weighted by Crippen LogP contribution is -1.90. The van der Waals surface area contributed by atoms with E-state index < -0.39 is 0 Å². The van der Waals surface area contributed by atoms with Gasteiger partial charge < -0.3 is 4.52 Å². The van der Waals surface area contributed by atoms with E-state index in [2.05, 4.69) is 24.2 Å². The van der Waals surface area contributed by atoms with E-state index in [9.17, 15) is 4.79 Å². The second-order valence-corrected chi connectivity index (χ2v) is 4.41. The van der Waals surface area contributed by atoms with Gasteiger partial charge in [-0.05, 0) is 31.9 Å². The van der Waals surface area contributed by atoms with Crippen molar-refractivity contribution in [3.05, 3.63) is 40.6 Å². The van der Waals surface area contributed by atoms with E-state index in [4.69, 9.17) is 4.52 Å². The van der Waals surface area contributed by atoms with Crippen LogP contribution in [0, 0.1) is 20.8 Å². The number of hydrogen-bond acceptors (Lipinski definition) is 3. The molecule has 0 unspecified atom stereocenters. The standard InChI is InChI=1S/C14H15NO2/c1-8-5-9(2)14(10(3)6-8)12-7-13(11(4)16)17-15-12/h5-7H,1-4H3. The van der Waals surface area contributed by atoms with Crippen LogP contribution in [0.4, 0.5) is 0 Å². The highest BCUT2D eigenvalue weighted by Gasteiger charge is 2.13. The van der Waals surface area contributed by atoms with Crippen molar-refractivity contribution in [3.8, 4) is 11.3 Å². The molecule has 3 heteroatoms. The van der Waals surface area contributed by atoms with Crippen LogP contribution < -0.4 is 0 Å². The van der Waals surface area contributed by atoms with Crippen LogP contribution in [0.2, 0.25) is 0 Å². The molecule has 0 saturated carbocycles. The summed E-state index contributed by atoms with van der Waals surface area (Å²) in [4.78, 5) is 11.2. The number of nitrogens with zero attached hydrogens (tertiary/aromatic N) is 1. The van der Waals surface area contributed by atoms with Gasteiger partial charge in [-0.2, -0.15) is 0 Å². The van der Waals surface area contributed by atoms with E-state index in [1.54, 1.807) is 6.07 Å². The Morgan fingerprint density at radius 3 is 2.18 bits per heavy atom. The first-order valence-corrected chi connectivity index (χ1v) is 5.55. The van der Waals surface area contributed by atoms with E-state index in [1.165, 1.54) is 12.5 Å². The number of rotatable bonds is 2. The third-order valence-corrected chi connectivity index (χ3v) is 2.79. The highest BCUT2D eigenvalue weighted by molar-refractivity contribution is 5.92. The summed E-state index contributed by atoms with van der Waals surface area (Å²) >= 11 is 0. The van der Waals surface area contributed by atoms with Crippen molar-refractivity contribution < 1.29 is 9.32 Å². The van der Waals surface area contributed by atoms with Gasteiger partial charge in [-0.1, -0.05) is 22.9 Å². The molecule has 0 saturated heterocycles. The SMILES string of the molecule is CC(=O)c1cc(-c2c(C)cc(C)cc2C)no1. The summed E-state index contributed by atoms with van der Waals surface area (Å²) in [5, 5.41) is 3.96. The maximum absolute atomic E-state index is 11.2. The van der Waals surface area contributed by atoms with Crippen LogP contribution in [-0.4, -0.2) is 10.9 Å². The van der Waals surface area contributed by atoms with Crippen LogP contribution in [-0.2, 0) is 0 Å². The van der Waals surface area contributed by atoms with Crippen LogP contribution in [0.5, 0.6) is 0 Å². The van der Waals surface area contributed by atoms with Crippen LogP contribution in [0.15, 0.2) is 22.7 Å². The number of benzene rings is 1. The second kappa shape index (κ2) is 4.17. The molecular weight excluding hydrogens is 214 g/mol. The van der Waals surface area contributed by atoms with Gasteiger partial charge in [0, 0.05) is 18.6 Å². The van der Waals surface area contributed by atoms with Crippen molar-refractivity contribution in [1.82, 2.24) is 5.16 Å². The average molecular weight is 229 g/mol. The minimum absolute atomic E-state index is 0.105. The summed E-state index contributed by atoms with van der Waals surface area (Å²) in [6.07, 6.45) is 0. The van der Waals surface area contributed by atoms with Crippen LogP contribution in [0.25, 0.3) is 11.3 Å². The Labute approximate surface area is 100 Å². The number of aromatic nitrogens is 1. The highest BCUT2D eigenvalue weighted by atomic mass is 16.5. The number of ketones is 1. The first-order valence-electron chi connectivity index (χ1n) is 5.55. The van der Waals surface area contributed by atoms with Gasteiger partial charge in [-0.15, -0.1) is 0 Å². The molecule has 0 radical (unpaired) electrons. The van der Waals surface area contributed by atoms with Crippen LogP contribution in [0.3, 0.4) is 0 Å². The Morgan fingerprint density at radius 2 is 1.71 bits per heavy atom. The fraction of sp³-hybridized carbons (Fsp3) is 0.286. The molecule has 0 spiro atoms. The van der Waals surface area contributed by atoms with Gasteiger partial charge in [0.1, 0.15) is 5.69 Å². The zero-order valence-corrected chi connectivity index (χ0v) is 10.5. The molecule has 0 amide bonds. The van der Waals surface area contributed by atoms with Crippen molar-refractivity contribution in [3.63, 3.8) is 0 Å². The van der Waals surface area contributed by atoms with E-state index >= 15 is 0 Å². The molecule has 0 aliphatic carbocycles. The molecule has 1 aromatic carbocycles. The van der Waals surface area contributed by atoms with Crippen molar-refractivity contribution in [2.24, 2.45) is 0 Å². The first kappa shape index (κ1) is 11.6. The minimum atomic E-state index is -0.105. The first-order chi connectivity index (χ1) is 7.99. The molecule has 0 atom stereocenters. The average Bonchev–Trinajstić information content (AvgIpc) is 2.65. The van der Waals surface area contributed by atoms with Gasteiger partial charge in [0.2, 0.25) is 5.76 Å². The summed E-state index contributed by atoms with van der Waals surface area (Å²) in [6, 6.07) is 5.90. The molecule has 1 heterocycles. The quantitative estimate of drug-likeness (QED) is 0.740. The molecular formula is C14H15NO2. The van der Waals surface area contributed by atoms with E-state index in [1.807, 2.05) is 13.8 Å². The number of carbonyl (C=O) groups is 1. The normalized spacial score (nSPS) is 10.6. The topological polar surface area (TPSA) is 43.1 Å². The molecule has 0 fully saturated rings. The van der Waals surface area contributed by atoms with Crippen molar-refractivity contribution in [2.75, 3.05) is 0 Å². The zero-order chi connectivity index (χ0) is 12.6. The lowest BCUT2D eigenvalue weighted by atomic mass is 9.97. The number of Topliss-reactive ketones (excluding diaryl/α,β-unsaturated/α-hetero) is 1. The Bertz CT molecular complexity index is 559. The van der Waals surface area contributed by atoms with Gasteiger partial charge >= 0.3 is 0 Å². The number of hydrogen-bond donors (Lipinski definition) is 0.